The summed E-state index contributed by atoms with van der Waals surface area (Å²) in [6, 6.07) is 17.5. The molecule has 0 fully saturated rings. The summed E-state index contributed by atoms with van der Waals surface area (Å²) in [5, 5.41) is 10.3. The highest BCUT2D eigenvalue weighted by atomic mass is 35.5. The SMILES string of the molecule is CCn1c(SCCOc2ccccc2)nnc1-c1ccc(Cl)cc1. The first kappa shape index (κ1) is 16.9. The van der Waals surface area contributed by atoms with Crippen molar-refractivity contribution in [1.29, 1.82) is 0 Å². The molecule has 2 aromatic carbocycles. The molecule has 1 heterocycles. The predicted molar refractivity (Wildman–Crippen MR) is 98.8 cm³/mol. The molecule has 124 valence electrons. The van der Waals surface area contributed by atoms with Crippen molar-refractivity contribution in [1.82, 2.24) is 14.8 Å². The van der Waals surface area contributed by atoms with Gasteiger partial charge in [0.25, 0.3) is 0 Å². The van der Waals surface area contributed by atoms with Crippen LogP contribution in [0.4, 0.5) is 0 Å². The lowest BCUT2D eigenvalue weighted by Gasteiger charge is -2.08. The van der Waals surface area contributed by atoms with Gasteiger partial charge >= 0.3 is 0 Å². The minimum atomic E-state index is 0.627. The normalized spacial score (nSPS) is 10.8. The number of ether oxygens (including phenoxy) is 1. The van der Waals surface area contributed by atoms with E-state index in [1.54, 1.807) is 11.8 Å². The second kappa shape index (κ2) is 8.22. The molecule has 0 radical (unpaired) electrons. The van der Waals surface area contributed by atoms with E-state index in [0.29, 0.717) is 11.6 Å². The number of rotatable bonds is 7. The third-order valence-corrected chi connectivity index (χ3v) is 4.64. The third-order valence-electron chi connectivity index (χ3n) is 3.46. The molecule has 3 aromatic rings. The third kappa shape index (κ3) is 4.10. The molecule has 1 aromatic heterocycles. The lowest BCUT2D eigenvalue weighted by molar-refractivity contribution is 0.344. The Morgan fingerprint density at radius 1 is 1.04 bits per heavy atom. The van der Waals surface area contributed by atoms with Crippen LogP contribution < -0.4 is 4.74 Å². The summed E-state index contributed by atoms with van der Waals surface area (Å²) in [4.78, 5) is 0. The molecule has 0 aliphatic rings. The maximum atomic E-state index is 5.95. The zero-order valence-electron chi connectivity index (χ0n) is 13.4. The van der Waals surface area contributed by atoms with E-state index in [1.165, 1.54) is 0 Å². The average molecular weight is 360 g/mol. The fourth-order valence-corrected chi connectivity index (χ4v) is 3.25. The Hall–Kier alpha value is -1.98. The summed E-state index contributed by atoms with van der Waals surface area (Å²) in [7, 11) is 0. The number of hydrogen-bond donors (Lipinski definition) is 0. The highest BCUT2D eigenvalue weighted by Gasteiger charge is 2.13. The highest BCUT2D eigenvalue weighted by molar-refractivity contribution is 7.99. The first-order valence-corrected chi connectivity index (χ1v) is 9.14. The van der Waals surface area contributed by atoms with Crippen LogP contribution in [0, 0.1) is 0 Å². The average Bonchev–Trinajstić information content (AvgIpc) is 3.03. The fourth-order valence-electron chi connectivity index (χ4n) is 2.30. The first-order valence-electron chi connectivity index (χ1n) is 7.77. The van der Waals surface area contributed by atoms with Gasteiger partial charge in [-0.05, 0) is 43.3 Å². The van der Waals surface area contributed by atoms with Gasteiger partial charge in [0.1, 0.15) is 5.75 Å². The Morgan fingerprint density at radius 3 is 2.50 bits per heavy atom. The molecule has 0 aliphatic carbocycles. The van der Waals surface area contributed by atoms with Gasteiger partial charge in [-0.15, -0.1) is 10.2 Å². The van der Waals surface area contributed by atoms with Crippen molar-refractivity contribution in [2.45, 2.75) is 18.6 Å². The number of halogens is 1. The number of benzene rings is 2. The molecule has 0 spiro atoms. The van der Waals surface area contributed by atoms with E-state index >= 15 is 0 Å². The van der Waals surface area contributed by atoms with Crippen LogP contribution in [0.2, 0.25) is 5.02 Å². The highest BCUT2D eigenvalue weighted by Crippen LogP contribution is 2.25. The van der Waals surface area contributed by atoms with Crippen molar-refractivity contribution in [2.24, 2.45) is 0 Å². The van der Waals surface area contributed by atoms with Gasteiger partial charge < -0.3 is 9.30 Å². The van der Waals surface area contributed by atoms with Crippen LogP contribution in [0.1, 0.15) is 6.92 Å². The zero-order chi connectivity index (χ0) is 16.8. The number of nitrogens with zero attached hydrogens (tertiary/aromatic N) is 3. The lowest BCUT2D eigenvalue weighted by Crippen LogP contribution is -2.03. The van der Waals surface area contributed by atoms with E-state index in [0.717, 1.165) is 34.6 Å². The molecular weight excluding hydrogens is 342 g/mol. The van der Waals surface area contributed by atoms with Crippen LogP contribution in [0.3, 0.4) is 0 Å². The minimum Gasteiger partial charge on any atom is -0.493 e. The minimum absolute atomic E-state index is 0.627. The Labute approximate surface area is 150 Å². The van der Waals surface area contributed by atoms with Gasteiger partial charge in [-0.25, -0.2) is 0 Å². The van der Waals surface area contributed by atoms with E-state index in [9.17, 15) is 0 Å². The summed E-state index contributed by atoms with van der Waals surface area (Å²) < 4.78 is 7.82. The van der Waals surface area contributed by atoms with Crippen LogP contribution in [-0.4, -0.2) is 27.1 Å². The fraction of sp³-hybridized carbons (Fsp3) is 0.222. The second-order valence-corrected chi connectivity index (χ2v) is 6.57. The van der Waals surface area contributed by atoms with E-state index in [2.05, 4.69) is 21.7 Å². The largest absolute Gasteiger partial charge is 0.493 e. The van der Waals surface area contributed by atoms with Crippen LogP contribution in [0.5, 0.6) is 5.75 Å². The second-order valence-electron chi connectivity index (χ2n) is 5.07. The molecule has 3 rings (SSSR count). The number of para-hydroxylation sites is 1. The van der Waals surface area contributed by atoms with E-state index in [-0.39, 0.29) is 0 Å². The van der Waals surface area contributed by atoms with Crippen molar-refractivity contribution < 1.29 is 4.74 Å². The summed E-state index contributed by atoms with van der Waals surface area (Å²) in [5.74, 6) is 2.56. The van der Waals surface area contributed by atoms with E-state index in [4.69, 9.17) is 16.3 Å². The first-order chi connectivity index (χ1) is 11.8. The smallest absolute Gasteiger partial charge is 0.191 e. The van der Waals surface area contributed by atoms with Crippen molar-refractivity contribution >= 4 is 23.4 Å². The molecule has 6 heteroatoms. The van der Waals surface area contributed by atoms with Gasteiger partial charge in [0.2, 0.25) is 0 Å². The molecule has 0 bridgehead atoms. The Kier molecular flexibility index (Phi) is 5.77. The molecular formula is C18H18ClN3OS. The number of thioether (sulfide) groups is 1. The van der Waals surface area contributed by atoms with Crippen LogP contribution in [0.15, 0.2) is 59.8 Å². The van der Waals surface area contributed by atoms with Crippen LogP contribution in [-0.2, 0) is 6.54 Å². The molecule has 4 nitrogen and oxygen atoms in total. The van der Waals surface area contributed by atoms with E-state index < -0.39 is 0 Å². The number of hydrogen-bond acceptors (Lipinski definition) is 4. The van der Waals surface area contributed by atoms with Gasteiger partial charge in [0, 0.05) is 22.9 Å². The van der Waals surface area contributed by atoms with Gasteiger partial charge in [-0.2, -0.15) is 0 Å². The summed E-state index contributed by atoms with van der Waals surface area (Å²) >= 11 is 7.60. The molecule has 0 aliphatic heterocycles. The van der Waals surface area contributed by atoms with Gasteiger partial charge in [-0.1, -0.05) is 41.6 Å². The van der Waals surface area contributed by atoms with Crippen LogP contribution >= 0.6 is 23.4 Å². The van der Waals surface area contributed by atoms with Gasteiger partial charge in [0.15, 0.2) is 11.0 Å². The zero-order valence-corrected chi connectivity index (χ0v) is 14.9. The topological polar surface area (TPSA) is 39.9 Å². The van der Waals surface area contributed by atoms with E-state index in [1.807, 2.05) is 54.6 Å². The maximum Gasteiger partial charge on any atom is 0.191 e. The molecule has 0 saturated heterocycles. The lowest BCUT2D eigenvalue weighted by atomic mass is 10.2. The Morgan fingerprint density at radius 2 is 1.79 bits per heavy atom. The molecule has 0 unspecified atom stereocenters. The molecule has 0 N–H and O–H groups in total. The van der Waals surface area contributed by atoms with Gasteiger partial charge in [-0.3, -0.25) is 0 Å². The molecule has 0 atom stereocenters. The van der Waals surface area contributed by atoms with Crippen LogP contribution in [0.25, 0.3) is 11.4 Å². The quantitative estimate of drug-likeness (QED) is 0.449. The van der Waals surface area contributed by atoms with Gasteiger partial charge in [0.05, 0.1) is 6.61 Å². The molecule has 24 heavy (non-hydrogen) atoms. The standard InChI is InChI=1S/C18H18ClN3OS/c1-2-22-17(14-8-10-15(19)11-9-14)20-21-18(22)24-13-12-23-16-6-4-3-5-7-16/h3-11H,2,12-13H2,1H3. The summed E-state index contributed by atoms with van der Waals surface area (Å²) in [6.07, 6.45) is 0. The van der Waals surface area contributed by atoms with Crippen molar-refractivity contribution in [3.05, 3.63) is 59.6 Å². The molecule has 0 amide bonds. The summed E-state index contributed by atoms with van der Waals surface area (Å²) in [6.45, 7) is 3.53. The molecule has 0 saturated carbocycles. The summed E-state index contributed by atoms with van der Waals surface area (Å²) in [5.41, 5.74) is 1.01. The van der Waals surface area contributed by atoms with Crippen molar-refractivity contribution in [3.8, 4) is 17.1 Å². The Bertz CT molecular complexity index is 775. The maximum absolute atomic E-state index is 5.95. The van der Waals surface area contributed by atoms with Crippen molar-refractivity contribution in [3.63, 3.8) is 0 Å². The monoisotopic (exact) mass is 359 g/mol. The predicted octanol–water partition coefficient (Wildman–Crippen LogP) is 4.79. The van der Waals surface area contributed by atoms with Crippen molar-refractivity contribution in [2.75, 3.05) is 12.4 Å². The number of aromatic nitrogens is 3. The Balaban J connectivity index is 1.63.